The zero-order valence-corrected chi connectivity index (χ0v) is 23.4. The van der Waals surface area contributed by atoms with Crippen molar-refractivity contribution in [2.45, 2.75) is 73.2 Å². The number of benzene rings is 1. The van der Waals surface area contributed by atoms with Crippen LogP contribution in [0.2, 0.25) is 21.9 Å². The SMILES string of the molecule is C[Si](c1ccccc1)(C1CCCCC1)C1C2C=CC=CC2C2CCC[CH]([Ti+3])C21.[Cl-].[Cl-].[Cl-]. The summed E-state index contributed by atoms with van der Waals surface area (Å²) in [6, 6.07) is 11.9. The van der Waals surface area contributed by atoms with E-state index in [1.54, 1.807) is 5.19 Å². The van der Waals surface area contributed by atoms with Gasteiger partial charge in [0.1, 0.15) is 0 Å². The second kappa shape index (κ2) is 11.8. The molecule has 31 heavy (non-hydrogen) atoms. The van der Waals surface area contributed by atoms with Gasteiger partial charge in [0.05, 0.1) is 0 Å². The van der Waals surface area contributed by atoms with Crippen molar-refractivity contribution in [2.75, 3.05) is 0 Å². The average molecular weight is 530 g/mol. The summed E-state index contributed by atoms with van der Waals surface area (Å²) in [7, 11) is -1.64. The van der Waals surface area contributed by atoms with Crippen LogP contribution in [-0.2, 0) is 20.4 Å². The van der Waals surface area contributed by atoms with Gasteiger partial charge >= 0.3 is 185 Å². The number of halogens is 3. The van der Waals surface area contributed by atoms with Gasteiger partial charge in [-0.15, -0.1) is 0 Å². The molecule has 5 heteroatoms. The summed E-state index contributed by atoms with van der Waals surface area (Å²) >= 11 is 2.61. The molecular weight excluding hydrogens is 495 g/mol. The molecule has 1 aromatic rings. The van der Waals surface area contributed by atoms with Gasteiger partial charge < -0.3 is 37.2 Å². The maximum Gasteiger partial charge on any atom is -1.00 e. The first-order valence-corrected chi connectivity index (χ1v) is 15.4. The van der Waals surface area contributed by atoms with E-state index in [1.165, 1.54) is 51.4 Å². The van der Waals surface area contributed by atoms with Crippen LogP contribution in [-0.4, -0.2) is 8.07 Å². The minimum absolute atomic E-state index is 0. The maximum atomic E-state index is 2.83. The Labute approximate surface area is 221 Å². The first kappa shape index (κ1) is 27.7. The van der Waals surface area contributed by atoms with Gasteiger partial charge in [-0.05, 0) is 0 Å². The number of hydrogen-bond donors (Lipinski definition) is 0. The van der Waals surface area contributed by atoms with E-state index >= 15 is 0 Å². The van der Waals surface area contributed by atoms with Crippen molar-refractivity contribution < 1.29 is 57.7 Å². The maximum absolute atomic E-state index is 2.83. The third-order valence-electron chi connectivity index (χ3n) is 9.10. The fourth-order valence-electron chi connectivity index (χ4n) is 7.91. The molecular formula is C26H35Cl3SiTi. The van der Waals surface area contributed by atoms with Crippen LogP contribution in [0.3, 0.4) is 0 Å². The summed E-state index contributed by atoms with van der Waals surface area (Å²) in [6.45, 7) is 2.83. The molecule has 3 fully saturated rings. The Kier molecular flexibility index (Phi) is 10.5. The monoisotopic (exact) mass is 528 g/mol. The molecule has 0 nitrogen and oxygen atoms in total. The summed E-state index contributed by atoms with van der Waals surface area (Å²) in [6.07, 6.45) is 21.8. The van der Waals surface area contributed by atoms with Crippen molar-refractivity contribution in [1.82, 2.24) is 0 Å². The Hall–Kier alpha value is 0.501. The van der Waals surface area contributed by atoms with Crippen molar-refractivity contribution in [3.8, 4) is 0 Å². The van der Waals surface area contributed by atoms with E-state index in [1.807, 2.05) is 0 Å². The molecule has 0 spiro atoms. The molecule has 7 unspecified atom stereocenters. The Balaban J connectivity index is 0.00000114. The van der Waals surface area contributed by atoms with Crippen LogP contribution in [0.15, 0.2) is 54.6 Å². The van der Waals surface area contributed by atoms with Crippen molar-refractivity contribution >= 4 is 13.3 Å². The van der Waals surface area contributed by atoms with Gasteiger partial charge in [0, 0.05) is 0 Å². The molecule has 0 aliphatic heterocycles. The number of fused-ring (bicyclic) bond motifs is 3. The molecule has 5 rings (SSSR count). The molecule has 0 bridgehead atoms. The first-order chi connectivity index (χ1) is 13.7. The predicted molar refractivity (Wildman–Crippen MR) is 118 cm³/mol. The molecule has 4 aliphatic rings. The normalized spacial score (nSPS) is 36.1. The van der Waals surface area contributed by atoms with E-state index in [4.69, 9.17) is 0 Å². The van der Waals surface area contributed by atoms with Gasteiger partial charge in [-0.1, -0.05) is 0 Å². The van der Waals surface area contributed by atoms with Crippen molar-refractivity contribution in [2.24, 2.45) is 23.7 Å². The van der Waals surface area contributed by atoms with Gasteiger partial charge in [0.25, 0.3) is 0 Å². The van der Waals surface area contributed by atoms with Crippen molar-refractivity contribution in [3.63, 3.8) is 0 Å². The van der Waals surface area contributed by atoms with E-state index in [0.29, 0.717) is 0 Å². The molecule has 0 N–H and O–H groups in total. The van der Waals surface area contributed by atoms with Crippen molar-refractivity contribution in [1.29, 1.82) is 0 Å². The minimum atomic E-state index is -1.64. The van der Waals surface area contributed by atoms with Crippen LogP contribution in [0, 0.1) is 23.7 Å². The third-order valence-corrected chi connectivity index (χ3v) is 16.2. The summed E-state index contributed by atoms with van der Waals surface area (Å²) in [4.78, 5) is 0. The second-order valence-corrected chi connectivity index (χ2v) is 16.0. The van der Waals surface area contributed by atoms with Gasteiger partial charge in [0.15, 0.2) is 0 Å². The third kappa shape index (κ3) is 4.85. The van der Waals surface area contributed by atoms with Crippen molar-refractivity contribution in [3.05, 3.63) is 54.6 Å². The fraction of sp³-hybridized carbons (Fsp3) is 0.615. The zero-order chi connectivity index (χ0) is 19.1. The smallest absolute Gasteiger partial charge is 1.00 e. The molecule has 0 aromatic heterocycles. The number of allylic oxidation sites excluding steroid dienone is 4. The number of hydrogen-bond acceptors (Lipinski definition) is 0. The predicted octanol–water partition coefficient (Wildman–Crippen LogP) is -2.19. The molecule has 0 radical (unpaired) electrons. The summed E-state index contributed by atoms with van der Waals surface area (Å²) in [5.74, 6) is 3.52. The Morgan fingerprint density at radius 1 is 0.774 bits per heavy atom. The molecule has 7 atom stereocenters. The van der Waals surface area contributed by atoms with Gasteiger partial charge in [0.2, 0.25) is 0 Å². The molecule has 3 saturated carbocycles. The van der Waals surface area contributed by atoms with Gasteiger partial charge in [-0.2, -0.15) is 0 Å². The van der Waals surface area contributed by atoms with Crippen LogP contribution < -0.4 is 42.4 Å². The molecule has 0 amide bonds. The van der Waals surface area contributed by atoms with E-state index in [2.05, 4.69) is 81.6 Å². The van der Waals surface area contributed by atoms with Crippen LogP contribution in [0.1, 0.15) is 51.4 Å². The Bertz CT molecular complexity index is 748. The van der Waals surface area contributed by atoms with Gasteiger partial charge in [-0.25, -0.2) is 0 Å². The standard InChI is InChI=1S/C26H35Si.3ClH.Ti/c1-27(20-12-4-2-5-13-20,21-14-6-3-7-15-21)26-24-18-10-8-16-22(24)23-17-9-11-19-25(23)26;;;;/h2,4-5,8,10,12-13,16,18-19,21-26H,3,6-7,9,11,14-15,17H2,1H3;3*1H;/q;;;;+3/p-3. The number of rotatable bonds is 3. The fourth-order valence-corrected chi connectivity index (χ4v) is 15.6. The van der Waals surface area contributed by atoms with E-state index in [-0.39, 0.29) is 37.2 Å². The molecule has 168 valence electrons. The molecule has 4 aliphatic carbocycles. The Morgan fingerprint density at radius 3 is 2.10 bits per heavy atom. The van der Waals surface area contributed by atoms with E-state index in [9.17, 15) is 0 Å². The summed E-state index contributed by atoms with van der Waals surface area (Å²) < 4.78 is 0.912. The van der Waals surface area contributed by atoms with Gasteiger partial charge in [-0.3, -0.25) is 0 Å². The van der Waals surface area contributed by atoms with Crippen LogP contribution in [0.5, 0.6) is 0 Å². The minimum Gasteiger partial charge on any atom is -1.00 e. The largest absolute Gasteiger partial charge is 1.00 e. The quantitative estimate of drug-likeness (QED) is 0.391. The zero-order valence-electron chi connectivity index (χ0n) is 18.5. The molecule has 0 saturated heterocycles. The summed E-state index contributed by atoms with van der Waals surface area (Å²) in [5, 5.41) is 1.77. The summed E-state index contributed by atoms with van der Waals surface area (Å²) in [5.41, 5.74) is 1.92. The van der Waals surface area contributed by atoms with E-state index < -0.39 is 8.07 Å². The average Bonchev–Trinajstić information content (AvgIpc) is 3.11. The second-order valence-electron chi connectivity index (χ2n) is 10.2. The van der Waals surface area contributed by atoms with E-state index in [0.717, 1.165) is 39.0 Å². The van der Waals surface area contributed by atoms with Crippen LogP contribution in [0.25, 0.3) is 0 Å². The van der Waals surface area contributed by atoms with Crippen LogP contribution >= 0.6 is 0 Å². The molecule has 1 aromatic carbocycles. The first-order valence-electron chi connectivity index (χ1n) is 11.8. The van der Waals surface area contributed by atoms with Crippen LogP contribution in [0.4, 0.5) is 0 Å². The molecule has 0 heterocycles. The Morgan fingerprint density at radius 2 is 1.42 bits per heavy atom. The topological polar surface area (TPSA) is 0 Å².